The van der Waals surface area contributed by atoms with Gasteiger partial charge in [-0.3, -0.25) is 4.79 Å². The molecule has 12 unspecified atom stereocenters. The Labute approximate surface area is 498 Å². The van der Waals surface area contributed by atoms with Crippen LogP contribution in [0.4, 0.5) is 0 Å². The standard InChI is InChI=1S/C68H123NO13/c1-3-5-7-9-11-13-15-17-19-21-23-25-26-27-28-29-30-32-34-36-38-40-42-44-46-48-50-52-60(73)69-56(57(72)51-49-47-45-43-41-39-37-35-33-31-24-22-20-18-16-14-12-10-8-6-4-2)55-79-67-65(78)63(76)66(59(54-71)81-67)82-68-64(77)62(75)61(74)58(53-70)80-68/h15,17,21,23,33,35,41,43,49,51,56-59,61-68,70-72,74-78H,3-14,16,18-20,22,24-32,34,36-40,42,44-48,50,52-55H2,1-2H3,(H,69,73)/b17-15-,23-21-,35-33+,43-41+,51-49+. The highest BCUT2D eigenvalue weighted by Gasteiger charge is 2.51. The average molecular weight is 1160 g/mol. The molecule has 14 heteroatoms. The molecule has 0 saturated carbocycles. The van der Waals surface area contributed by atoms with Gasteiger partial charge in [-0.25, -0.2) is 0 Å². The number of unbranched alkanes of at least 4 members (excludes halogenated alkanes) is 33. The monoisotopic (exact) mass is 1160 g/mol. The first kappa shape index (κ1) is 75.8. The van der Waals surface area contributed by atoms with Crippen molar-refractivity contribution in [2.45, 2.75) is 344 Å². The van der Waals surface area contributed by atoms with E-state index < -0.39 is 86.8 Å². The fourth-order valence-corrected chi connectivity index (χ4v) is 10.8. The lowest BCUT2D eigenvalue weighted by atomic mass is 9.97. The number of carbonyl (C=O) groups excluding carboxylic acids is 1. The molecule has 2 rings (SSSR count). The molecule has 12 atom stereocenters. The van der Waals surface area contributed by atoms with Crippen LogP contribution in [0, 0.1) is 0 Å². The maximum Gasteiger partial charge on any atom is 0.220 e. The van der Waals surface area contributed by atoms with E-state index in [-0.39, 0.29) is 18.9 Å². The summed E-state index contributed by atoms with van der Waals surface area (Å²) in [4.78, 5) is 13.3. The number of amides is 1. The van der Waals surface area contributed by atoms with E-state index in [1.807, 2.05) is 6.08 Å². The Morgan fingerprint density at radius 2 is 0.817 bits per heavy atom. The van der Waals surface area contributed by atoms with Gasteiger partial charge in [-0.2, -0.15) is 0 Å². The molecular formula is C68H123NO13. The van der Waals surface area contributed by atoms with Gasteiger partial charge in [-0.15, -0.1) is 0 Å². The van der Waals surface area contributed by atoms with E-state index in [4.69, 9.17) is 18.9 Å². The molecule has 1 amide bonds. The molecule has 478 valence electrons. The zero-order valence-corrected chi connectivity index (χ0v) is 51.7. The number of hydrogen-bond donors (Lipinski definition) is 9. The number of carbonyl (C=O) groups is 1. The average Bonchev–Trinajstić information content (AvgIpc) is 3.67. The number of rotatable bonds is 54. The molecule has 2 heterocycles. The van der Waals surface area contributed by atoms with E-state index >= 15 is 0 Å². The number of nitrogens with one attached hydrogen (secondary N) is 1. The highest BCUT2D eigenvalue weighted by atomic mass is 16.7. The molecule has 0 radical (unpaired) electrons. The van der Waals surface area contributed by atoms with Crippen LogP contribution < -0.4 is 5.32 Å². The number of allylic oxidation sites excluding steroid dienone is 9. The summed E-state index contributed by atoms with van der Waals surface area (Å²) in [6.07, 6.45) is 52.7. The molecule has 2 fully saturated rings. The number of aliphatic hydroxyl groups is 8. The SMILES string of the molecule is CCCCCCC/C=C\C/C=C\CCCCCCCCCCCCCCCCCC(=O)NC(COC1OC(CO)C(OC2OC(CO)C(O)C(O)C2O)C(O)C1O)C(O)/C=C/CC/C=C/CC/C=C/CCCCCCCCCCCCC. The normalized spacial score (nSPS) is 24.3. The summed E-state index contributed by atoms with van der Waals surface area (Å²) in [5.41, 5.74) is 0. The van der Waals surface area contributed by atoms with Crippen molar-refractivity contribution in [2.24, 2.45) is 0 Å². The lowest BCUT2D eigenvalue weighted by Gasteiger charge is -2.46. The number of aliphatic hydroxyl groups excluding tert-OH is 8. The molecule has 9 N–H and O–H groups in total. The van der Waals surface area contributed by atoms with Gasteiger partial charge in [0.2, 0.25) is 5.91 Å². The van der Waals surface area contributed by atoms with Gasteiger partial charge in [0, 0.05) is 6.42 Å². The summed E-state index contributed by atoms with van der Waals surface area (Å²) in [7, 11) is 0. The van der Waals surface area contributed by atoms with Crippen molar-refractivity contribution >= 4 is 5.91 Å². The highest BCUT2D eigenvalue weighted by Crippen LogP contribution is 2.30. The second-order valence-electron chi connectivity index (χ2n) is 23.6. The van der Waals surface area contributed by atoms with Crippen molar-refractivity contribution in [2.75, 3.05) is 19.8 Å². The van der Waals surface area contributed by atoms with Crippen LogP contribution >= 0.6 is 0 Å². The molecule has 2 saturated heterocycles. The lowest BCUT2D eigenvalue weighted by molar-refractivity contribution is -0.359. The Bertz CT molecular complexity index is 1610. The molecule has 0 aliphatic carbocycles. The zero-order valence-electron chi connectivity index (χ0n) is 51.7. The Morgan fingerprint density at radius 3 is 1.27 bits per heavy atom. The molecule has 2 aliphatic rings. The van der Waals surface area contributed by atoms with Crippen LogP contribution in [-0.4, -0.2) is 140 Å². The smallest absolute Gasteiger partial charge is 0.220 e. The van der Waals surface area contributed by atoms with Crippen LogP contribution in [0.15, 0.2) is 60.8 Å². The molecular weight excluding hydrogens is 1040 g/mol. The molecule has 14 nitrogen and oxygen atoms in total. The summed E-state index contributed by atoms with van der Waals surface area (Å²) < 4.78 is 22.8. The third-order valence-electron chi connectivity index (χ3n) is 16.2. The van der Waals surface area contributed by atoms with E-state index in [2.05, 4.69) is 67.8 Å². The summed E-state index contributed by atoms with van der Waals surface area (Å²) >= 11 is 0. The maximum atomic E-state index is 13.3. The third kappa shape index (κ3) is 37.3. The molecule has 2 aliphatic heterocycles. The Morgan fingerprint density at radius 1 is 0.439 bits per heavy atom. The largest absolute Gasteiger partial charge is 0.394 e. The van der Waals surface area contributed by atoms with Gasteiger partial charge in [-0.05, 0) is 77.0 Å². The minimum Gasteiger partial charge on any atom is -0.394 e. The van der Waals surface area contributed by atoms with Crippen molar-refractivity contribution in [1.82, 2.24) is 5.32 Å². The first-order valence-corrected chi connectivity index (χ1v) is 33.5. The number of ether oxygens (including phenoxy) is 4. The van der Waals surface area contributed by atoms with Gasteiger partial charge in [-0.1, -0.05) is 248 Å². The predicted molar refractivity (Wildman–Crippen MR) is 332 cm³/mol. The summed E-state index contributed by atoms with van der Waals surface area (Å²) in [6, 6.07) is -0.940. The van der Waals surface area contributed by atoms with Crippen molar-refractivity contribution in [3.63, 3.8) is 0 Å². The highest BCUT2D eigenvalue weighted by molar-refractivity contribution is 5.76. The van der Waals surface area contributed by atoms with Gasteiger partial charge in [0.05, 0.1) is 32.0 Å². The van der Waals surface area contributed by atoms with Gasteiger partial charge in [0.25, 0.3) is 0 Å². The Balaban J connectivity index is 1.72. The lowest BCUT2D eigenvalue weighted by Crippen LogP contribution is -2.65. The third-order valence-corrected chi connectivity index (χ3v) is 16.2. The second-order valence-corrected chi connectivity index (χ2v) is 23.6. The summed E-state index contributed by atoms with van der Waals surface area (Å²) in [5, 5.41) is 87.3. The van der Waals surface area contributed by atoms with Crippen molar-refractivity contribution in [1.29, 1.82) is 0 Å². The molecule has 0 aromatic heterocycles. The zero-order chi connectivity index (χ0) is 59.5. The van der Waals surface area contributed by atoms with E-state index in [0.717, 1.165) is 51.4 Å². The fraction of sp³-hybridized carbons (Fsp3) is 0.838. The van der Waals surface area contributed by atoms with Crippen LogP contribution in [0.3, 0.4) is 0 Å². The van der Waals surface area contributed by atoms with Crippen molar-refractivity contribution < 1.29 is 64.6 Å². The van der Waals surface area contributed by atoms with Crippen LogP contribution in [0.2, 0.25) is 0 Å². The Hall–Kier alpha value is -2.31. The minimum absolute atomic E-state index is 0.252. The topological polar surface area (TPSA) is 228 Å². The van der Waals surface area contributed by atoms with Gasteiger partial charge >= 0.3 is 0 Å². The quantitative estimate of drug-likeness (QED) is 0.0204. The van der Waals surface area contributed by atoms with Crippen molar-refractivity contribution in [3.8, 4) is 0 Å². The fourth-order valence-electron chi connectivity index (χ4n) is 10.8. The summed E-state index contributed by atoms with van der Waals surface area (Å²) in [5.74, 6) is -0.252. The van der Waals surface area contributed by atoms with Crippen LogP contribution in [0.25, 0.3) is 0 Å². The van der Waals surface area contributed by atoms with Crippen LogP contribution in [-0.2, 0) is 23.7 Å². The molecule has 82 heavy (non-hydrogen) atoms. The minimum atomic E-state index is -1.79. The molecule has 0 aromatic rings. The predicted octanol–water partition coefficient (Wildman–Crippen LogP) is 12.9. The van der Waals surface area contributed by atoms with Gasteiger partial charge in [0.15, 0.2) is 12.6 Å². The van der Waals surface area contributed by atoms with E-state index in [1.165, 1.54) is 186 Å². The first-order chi connectivity index (χ1) is 40.1. The molecule has 0 bridgehead atoms. The Kier molecular flexibility index (Phi) is 49.0. The first-order valence-electron chi connectivity index (χ1n) is 33.5. The molecule has 0 aromatic carbocycles. The maximum absolute atomic E-state index is 13.3. The van der Waals surface area contributed by atoms with Gasteiger partial charge < -0.3 is 65.1 Å². The van der Waals surface area contributed by atoms with Crippen molar-refractivity contribution in [3.05, 3.63) is 60.8 Å². The van der Waals surface area contributed by atoms with Gasteiger partial charge in [0.1, 0.15) is 48.8 Å². The van der Waals surface area contributed by atoms with E-state index in [0.29, 0.717) is 12.8 Å². The molecule has 0 spiro atoms. The second kappa shape index (κ2) is 53.0. The number of hydrogen-bond acceptors (Lipinski definition) is 13. The van der Waals surface area contributed by atoms with Crippen LogP contribution in [0.5, 0.6) is 0 Å². The van der Waals surface area contributed by atoms with E-state index in [9.17, 15) is 45.6 Å². The van der Waals surface area contributed by atoms with E-state index in [1.54, 1.807) is 6.08 Å². The van der Waals surface area contributed by atoms with Crippen LogP contribution in [0.1, 0.15) is 271 Å². The summed E-state index contributed by atoms with van der Waals surface area (Å²) in [6.45, 7) is 2.79.